The van der Waals surface area contributed by atoms with Crippen LogP contribution in [0, 0.1) is 5.82 Å². The fourth-order valence-corrected chi connectivity index (χ4v) is 3.04. The highest BCUT2D eigenvalue weighted by atomic mass is 32.1. The van der Waals surface area contributed by atoms with Crippen molar-refractivity contribution in [3.05, 3.63) is 46.2 Å². The van der Waals surface area contributed by atoms with E-state index in [1.54, 1.807) is 23.5 Å². The molecule has 0 unspecified atom stereocenters. The Hall–Kier alpha value is -1.50. The lowest BCUT2D eigenvalue weighted by Crippen LogP contribution is -2.21. The highest BCUT2D eigenvalue weighted by Gasteiger charge is 2.20. The minimum atomic E-state index is -0.272. The minimum absolute atomic E-state index is 0.204. The highest BCUT2D eigenvalue weighted by Crippen LogP contribution is 2.18. The maximum Gasteiger partial charge on any atom is 0.140 e. The van der Waals surface area contributed by atoms with Crippen molar-refractivity contribution >= 4 is 11.3 Å². The van der Waals surface area contributed by atoms with Gasteiger partial charge in [-0.25, -0.2) is 9.37 Å². The molecule has 1 aromatic heterocycles. The molecule has 2 heterocycles. The third kappa shape index (κ3) is 4.00. The molecule has 3 rings (SSSR count). The third-order valence-electron chi connectivity index (χ3n) is 3.41. The number of ether oxygens (including phenoxy) is 1. The van der Waals surface area contributed by atoms with Crippen molar-refractivity contribution in [2.45, 2.75) is 25.7 Å². The molecule has 0 saturated carbocycles. The molecule has 112 valence electrons. The van der Waals surface area contributed by atoms with Gasteiger partial charge in [-0.15, -0.1) is 11.3 Å². The molecule has 0 radical (unpaired) electrons. The number of thiazole rings is 1. The van der Waals surface area contributed by atoms with Crippen LogP contribution in [0.4, 0.5) is 4.39 Å². The second-order valence-electron chi connectivity index (χ2n) is 5.15. The minimum Gasteiger partial charge on any atom is -0.486 e. The normalized spacial score (nSPS) is 19.0. The first-order valence-electron chi connectivity index (χ1n) is 6.91. The highest BCUT2D eigenvalue weighted by molar-refractivity contribution is 7.09. The Kier molecular flexibility index (Phi) is 4.48. The maximum absolute atomic E-state index is 12.8. The fourth-order valence-electron chi connectivity index (χ4n) is 2.35. The SMILES string of the molecule is O[C@H]1CCN(Cc2csc(COc3ccc(F)cc3)n2)C1. The van der Waals surface area contributed by atoms with Gasteiger partial charge < -0.3 is 9.84 Å². The Morgan fingerprint density at radius 1 is 1.38 bits per heavy atom. The number of aliphatic hydroxyl groups excluding tert-OH is 1. The van der Waals surface area contributed by atoms with Gasteiger partial charge in [0.1, 0.15) is 23.2 Å². The van der Waals surface area contributed by atoms with Crippen molar-refractivity contribution in [2.75, 3.05) is 13.1 Å². The third-order valence-corrected chi connectivity index (χ3v) is 4.28. The molecule has 2 aromatic rings. The maximum atomic E-state index is 12.8. The number of likely N-dealkylation sites (tertiary alicyclic amines) is 1. The summed E-state index contributed by atoms with van der Waals surface area (Å²) in [6.07, 6.45) is 0.634. The van der Waals surface area contributed by atoms with E-state index in [0.29, 0.717) is 12.4 Å². The lowest BCUT2D eigenvalue weighted by Gasteiger charge is -2.12. The second-order valence-corrected chi connectivity index (χ2v) is 6.10. The molecule has 0 bridgehead atoms. The first-order chi connectivity index (χ1) is 10.2. The van der Waals surface area contributed by atoms with E-state index in [1.165, 1.54) is 12.1 Å². The van der Waals surface area contributed by atoms with Crippen molar-refractivity contribution in [3.63, 3.8) is 0 Å². The van der Waals surface area contributed by atoms with Gasteiger partial charge in [0, 0.05) is 25.0 Å². The number of rotatable bonds is 5. The number of hydrogen-bond donors (Lipinski definition) is 1. The molecule has 6 heteroatoms. The van der Waals surface area contributed by atoms with Crippen LogP contribution in [-0.2, 0) is 13.2 Å². The van der Waals surface area contributed by atoms with Crippen LogP contribution in [0.5, 0.6) is 5.75 Å². The zero-order chi connectivity index (χ0) is 14.7. The molecule has 0 aliphatic carbocycles. The molecule has 0 spiro atoms. The van der Waals surface area contributed by atoms with Gasteiger partial charge in [-0.05, 0) is 30.7 Å². The van der Waals surface area contributed by atoms with Crippen LogP contribution in [0.1, 0.15) is 17.1 Å². The molecule has 1 saturated heterocycles. The smallest absolute Gasteiger partial charge is 0.140 e. The molecule has 1 aromatic carbocycles. The van der Waals surface area contributed by atoms with Gasteiger partial charge in [0.2, 0.25) is 0 Å². The number of β-amino-alcohol motifs (C(OH)–C–C–N with tert-alkyl or cyclic N) is 1. The molecule has 0 amide bonds. The molecular weight excluding hydrogens is 291 g/mol. The van der Waals surface area contributed by atoms with Gasteiger partial charge in [0.25, 0.3) is 0 Å². The Balaban J connectivity index is 1.51. The van der Waals surface area contributed by atoms with Gasteiger partial charge in [0.15, 0.2) is 0 Å². The summed E-state index contributed by atoms with van der Waals surface area (Å²) >= 11 is 1.56. The number of aromatic nitrogens is 1. The summed E-state index contributed by atoms with van der Waals surface area (Å²) in [5.74, 6) is 0.363. The molecule has 1 aliphatic heterocycles. The number of aliphatic hydroxyl groups is 1. The topological polar surface area (TPSA) is 45.6 Å². The predicted octanol–water partition coefficient (Wildman–Crippen LogP) is 2.43. The second kappa shape index (κ2) is 6.51. The fraction of sp³-hybridized carbons (Fsp3) is 0.400. The van der Waals surface area contributed by atoms with Crippen molar-refractivity contribution in [3.8, 4) is 5.75 Å². The van der Waals surface area contributed by atoms with Crippen molar-refractivity contribution in [1.82, 2.24) is 9.88 Å². The van der Waals surface area contributed by atoms with E-state index in [9.17, 15) is 9.50 Å². The van der Waals surface area contributed by atoms with Gasteiger partial charge in [-0.3, -0.25) is 4.90 Å². The van der Waals surface area contributed by atoms with E-state index in [0.717, 1.165) is 36.8 Å². The quantitative estimate of drug-likeness (QED) is 0.921. The summed E-state index contributed by atoms with van der Waals surface area (Å²) < 4.78 is 18.4. The van der Waals surface area contributed by atoms with Crippen molar-refractivity contribution in [2.24, 2.45) is 0 Å². The number of halogens is 1. The van der Waals surface area contributed by atoms with Crippen LogP contribution < -0.4 is 4.74 Å². The van der Waals surface area contributed by atoms with Gasteiger partial charge in [-0.1, -0.05) is 0 Å². The number of benzene rings is 1. The van der Waals surface area contributed by atoms with Crippen molar-refractivity contribution < 1.29 is 14.2 Å². The Morgan fingerprint density at radius 3 is 2.90 bits per heavy atom. The van der Waals surface area contributed by atoms with E-state index >= 15 is 0 Å². The predicted molar refractivity (Wildman–Crippen MR) is 78.7 cm³/mol. The Morgan fingerprint density at radius 2 is 2.19 bits per heavy atom. The molecule has 4 nitrogen and oxygen atoms in total. The number of hydrogen-bond acceptors (Lipinski definition) is 5. The first-order valence-corrected chi connectivity index (χ1v) is 7.79. The zero-order valence-electron chi connectivity index (χ0n) is 11.5. The van der Waals surface area contributed by atoms with Gasteiger partial charge in [-0.2, -0.15) is 0 Å². The standard InChI is InChI=1S/C15H17FN2O2S/c16-11-1-3-14(4-2-11)20-9-15-17-12(10-21-15)7-18-6-5-13(19)8-18/h1-4,10,13,19H,5-9H2/t13-/m0/s1. The molecular formula is C15H17FN2O2S. The van der Waals surface area contributed by atoms with Gasteiger partial charge >= 0.3 is 0 Å². The van der Waals surface area contributed by atoms with Crippen LogP contribution in [0.3, 0.4) is 0 Å². The van der Waals surface area contributed by atoms with E-state index in [1.807, 2.05) is 5.38 Å². The van der Waals surface area contributed by atoms with Crippen LogP contribution in [-0.4, -0.2) is 34.2 Å². The molecule has 21 heavy (non-hydrogen) atoms. The first kappa shape index (κ1) is 14.4. The molecule has 1 N–H and O–H groups in total. The van der Waals surface area contributed by atoms with E-state index in [4.69, 9.17) is 4.74 Å². The largest absolute Gasteiger partial charge is 0.486 e. The average Bonchev–Trinajstić information content (AvgIpc) is 3.08. The zero-order valence-corrected chi connectivity index (χ0v) is 12.4. The average molecular weight is 308 g/mol. The van der Waals surface area contributed by atoms with Crippen LogP contribution in [0.2, 0.25) is 0 Å². The van der Waals surface area contributed by atoms with Crippen molar-refractivity contribution in [1.29, 1.82) is 0 Å². The summed E-state index contributed by atoms with van der Waals surface area (Å²) in [6.45, 7) is 2.79. The summed E-state index contributed by atoms with van der Waals surface area (Å²) in [5, 5.41) is 12.4. The summed E-state index contributed by atoms with van der Waals surface area (Å²) in [4.78, 5) is 6.73. The lowest BCUT2D eigenvalue weighted by atomic mass is 10.3. The summed E-state index contributed by atoms with van der Waals surface area (Å²) in [7, 11) is 0. The monoisotopic (exact) mass is 308 g/mol. The molecule has 1 atom stereocenters. The van der Waals surface area contributed by atoms with Gasteiger partial charge in [0.05, 0.1) is 11.8 Å². The Labute approximate surface area is 126 Å². The van der Waals surface area contributed by atoms with E-state index in [-0.39, 0.29) is 11.9 Å². The van der Waals surface area contributed by atoms with Crippen LogP contribution in [0.15, 0.2) is 29.6 Å². The van der Waals surface area contributed by atoms with Crippen LogP contribution >= 0.6 is 11.3 Å². The molecule has 1 aliphatic rings. The summed E-state index contributed by atoms with van der Waals surface area (Å²) in [5.41, 5.74) is 1.01. The van der Waals surface area contributed by atoms with E-state index < -0.39 is 0 Å². The Bertz CT molecular complexity index is 588. The van der Waals surface area contributed by atoms with E-state index in [2.05, 4.69) is 9.88 Å². The summed E-state index contributed by atoms with van der Waals surface area (Å²) in [6, 6.07) is 5.97. The molecule has 1 fully saturated rings. The lowest BCUT2D eigenvalue weighted by molar-refractivity contribution is 0.174. The van der Waals surface area contributed by atoms with Crippen LogP contribution in [0.25, 0.3) is 0 Å². The number of nitrogens with zero attached hydrogens (tertiary/aromatic N) is 2.